The quantitative estimate of drug-likeness (QED) is 0.757. The second-order valence-corrected chi connectivity index (χ2v) is 5.55. The lowest BCUT2D eigenvalue weighted by molar-refractivity contribution is 0.461. The number of furan rings is 2. The zero-order valence-electron chi connectivity index (χ0n) is 13.0. The van der Waals surface area contributed by atoms with E-state index in [2.05, 4.69) is 43.4 Å². The molecule has 110 valence electrons. The van der Waals surface area contributed by atoms with Gasteiger partial charge in [0.2, 0.25) is 0 Å². The highest BCUT2D eigenvalue weighted by Gasteiger charge is 2.22. The van der Waals surface area contributed by atoms with E-state index >= 15 is 0 Å². The molecule has 3 aromatic rings. The van der Waals surface area contributed by atoms with Gasteiger partial charge in [-0.3, -0.25) is 0 Å². The third-order valence-corrected chi connectivity index (χ3v) is 3.77. The number of fused-ring (bicyclic) bond motifs is 1. The van der Waals surface area contributed by atoms with Crippen LogP contribution in [0.2, 0.25) is 0 Å². The highest BCUT2D eigenvalue weighted by Crippen LogP contribution is 2.31. The van der Waals surface area contributed by atoms with E-state index in [0.29, 0.717) is 0 Å². The van der Waals surface area contributed by atoms with E-state index in [0.717, 1.165) is 40.4 Å². The predicted molar refractivity (Wildman–Crippen MR) is 84.7 cm³/mol. The van der Waals surface area contributed by atoms with Crippen LogP contribution < -0.4 is 5.32 Å². The lowest BCUT2D eigenvalue weighted by atomic mass is 10.0. The van der Waals surface area contributed by atoms with Gasteiger partial charge in [0.25, 0.3) is 0 Å². The molecule has 0 spiro atoms. The van der Waals surface area contributed by atoms with Crippen LogP contribution in [-0.4, -0.2) is 6.54 Å². The van der Waals surface area contributed by atoms with Crippen LogP contribution in [0, 0.1) is 20.8 Å². The van der Waals surface area contributed by atoms with Gasteiger partial charge in [-0.25, -0.2) is 0 Å². The molecule has 0 bridgehead atoms. The van der Waals surface area contributed by atoms with Crippen molar-refractivity contribution in [2.75, 3.05) is 6.54 Å². The van der Waals surface area contributed by atoms with Crippen molar-refractivity contribution in [3.8, 4) is 0 Å². The number of nitrogens with one attached hydrogen (secondary N) is 1. The average molecular weight is 283 g/mol. The van der Waals surface area contributed by atoms with Crippen LogP contribution in [0.3, 0.4) is 0 Å². The fourth-order valence-electron chi connectivity index (χ4n) is 2.83. The van der Waals surface area contributed by atoms with Gasteiger partial charge >= 0.3 is 0 Å². The molecule has 0 aliphatic rings. The lowest BCUT2D eigenvalue weighted by Gasteiger charge is -2.14. The minimum atomic E-state index is 0.0279. The number of benzene rings is 1. The Balaban J connectivity index is 2.08. The predicted octanol–water partition coefficient (Wildman–Crippen LogP) is 4.65. The summed E-state index contributed by atoms with van der Waals surface area (Å²) in [5, 5.41) is 4.64. The average Bonchev–Trinajstić information content (AvgIpc) is 2.98. The second kappa shape index (κ2) is 5.41. The Kier molecular flexibility index (Phi) is 3.60. The van der Waals surface area contributed by atoms with Gasteiger partial charge in [-0.2, -0.15) is 0 Å². The Morgan fingerprint density at radius 1 is 1.05 bits per heavy atom. The highest BCUT2D eigenvalue weighted by atomic mass is 16.3. The molecule has 0 aliphatic heterocycles. The van der Waals surface area contributed by atoms with Crippen LogP contribution in [0.5, 0.6) is 0 Å². The highest BCUT2D eigenvalue weighted by molar-refractivity contribution is 5.79. The summed E-state index contributed by atoms with van der Waals surface area (Å²) in [6.07, 6.45) is 0. The molecule has 0 radical (unpaired) electrons. The van der Waals surface area contributed by atoms with Gasteiger partial charge in [-0.1, -0.05) is 18.6 Å². The molecule has 3 nitrogen and oxygen atoms in total. The molecule has 3 rings (SSSR count). The van der Waals surface area contributed by atoms with E-state index in [1.165, 1.54) is 5.56 Å². The summed E-state index contributed by atoms with van der Waals surface area (Å²) in [4.78, 5) is 0. The summed E-state index contributed by atoms with van der Waals surface area (Å²) >= 11 is 0. The van der Waals surface area contributed by atoms with Gasteiger partial charge in [-0.05, 0) is 51.6 Å². The number of hydrogen-bond donors (Lipinski definition) is 1. The van der Waals surface area contributed by atoms with E-state index < -0.39 is 0 Å². The molecule has 2 aromatic heterocycles. The molecule has 1 unspecified atom stereocenters. The Labute approximate surface area is 124 Å². The summed E-state index contributed by atoms with van der Waals surface area (Å²) < 4.78 is 11.7. The van der Waals surface area contributed by atoms with Gasteiger partial charge in [0.15, 0.2) is 0 Å². The minimum Gasteiger partial charge on any atom is -0.466 e. The van der Waals surface area contributed by atoms with Crippen molar-refractivity contribution in [3.63, 3.8) is 0 Å². The largest absolute Gasteiger partial charge is 0.466 e. The van der Waals surface area contributed by atoms with E-state index in [-0.39, 0.29) is 6.04 Å². The first-order chi connectivity index (χ1) is 10.1. The van der Waals surface area contributed by atoms with Gasteiger partial charge < -0.3 is 14.2 Å². The molecule has 0 amide bonds. The molecule has 1 aromatic carbocycles. The van der Waals surface area contributed by atoms with E-state index in [1.54, 1.807) is 0 Å². The van der Waals surface area contributed by atoms with Crippen molar-refractivity contribution in [3.05, 3.63) is 58.7 Å². The van der Waals surface area contributed by atoms with Crippen LogP contribution in [0.1, 0.15) is 41.4 Å². The zero-order chi connectivity index (χ0) is 15.0. The number of hydrogen-bond acceptors (Lipinski definition) is 3. The first kappa shape index (κ1) is 14.0. The third-order valence-electron chi connectivity index (χ3n) is 3.77. The molecule has 0 saturated heterocycles. The molecule has 1 atom stereocenters. The monoisotopic (exact) mass is 283 g/mol. The maximum Gasteiger partial charge on any atom is 0.134 e. The maximum absolute atomic E-state index is 6.05. The van der Waals surface area contributed by atoms with Crippen molar-refractivity contribution < 1.29 is 8.83 Å². The Bertz CT molecular complexity index is 767. The van der Waals surface area contributed by atoms with Crippen LogP contribution in [-0.2, 0) is 0 Å². The number of rotatable bonds is 4. The second-order valence-electron chi connectivity index (χ2n) is 5.55. The van der Waals surface area contributed by atoms with Crippen molar-refractivity contribution in [2.24, 2.45) is 0 Å². The van der Waals surface area contributed by atoms with Crippen molar-refractivity contribution >= 4 is 11.0 Å². The molecule has 1 N–H and O–H groups in total. The van der Waals surface area contributed by atoms with Crippen molar-refractivity contribution in [1.29, 1.82) is 0 Å². The molecule has 0 saturated carbocycles. The summed E-state index contributed by atoms with van der Waals surface area (Å²) in [6.45, 7) is 9.03. The van der Waals surface area contributed by atoms with Crippen molar-refractivity contribution in [1.82, 2.24) is 5.32 Å². The molecular weight excluding hydrogens is 262 g/mol. The summed E-state index contributed by atoms with van der Waals surface area (Å²) in [6, 6.07) is 10.5. The molecule has 3 heteroatoms. The molecular formula is C18H21NO2. The van der Waals surface area contributed by atoms with Gasteiger partial charge in [0.1, 0.15) is 22.9 Å². The zero-order valence-corrected chi connectivity index (χ0v) is 13.0. The van der Waals surface area contributed by atoms with Crippen LogP contribution in [0.15, 0.2) is 39.2 Å². The summed E-state index contributed by atoms with van der Waals surface area (Å²) in [5.41, 5.74) is 3.31. The molecule has 2 heterocycles. The van der Waals surface area contributed by atoms with E-state index in [9.17, 15) is 0 Å². The van der Waals surface area contributed by atoms with Crippen LogP contribution >= 0.6 is 0 Å². The normalized spacial score (nSPS) is 13.0. The Morgan fingerprint density at radius 2 is 1.86 bits per heavy atom. The Morgan fingerprint density at radius 3 is 2.52 bits per heavy atom. The standard InChI is InChI=1S/C18H21NO2/c1-5-19-18(15-9-12(3)20-13(15)4)17-10-14-8-11(2)6-7-16(14)21-17/h6-10,18-19H,5H2,1-4H3. The fraction of sp³-hybridized carbons (Fsp3) is 0.333. The number of aryl methyl sites for hydroxylation is 3. The van der Waals surface area contributed by atoms with E-state index in [4.69, 9.17) is 8.83 Å². The van der Waals surface area contributed by atoms with Crippen molar-refractivity contribution in [2.45, 2.75) is 33.7 Å². The SMILES string of the molecule is CCNC(c1cc2cc(C)ccc2o1)c1cc(C)oc1C. The van der Waals surface area contributed by atoms with E-state index in [1.807, 2.05) is 19.9 Å². The topological polar surface area (TPSA) is 38.3 Å². The molecule has 0 aliphatic carbocycles. The third kappa shape index (κ3) is 2.61. The van der Waals surface area contributed by atoms with Gasteiger partial charge in [0.05, 0.1) is 6.04 Å². The fourth-order valence-corrected chi connectivity index (χ4v) is 2.83. The lowest BCUT2D eigenvalue weighted by Crippen LogP contribution is -2.21. The Hall–Kier alpha value is -2.00. The first-order valence-corrected chi connectivity index (χ1v) is 7.39. The first-order valence-electron chi connectivity index (χ1n) is 7.39. The van der Waals surface area contributed by atoms with Crippen LogP contribution in [0.4, 0.5) is 0 Å². The summed E-state index contributed by atoms with van der Waals surface area (Å²) in [7, 11) is 0. The van der Waals surface area contributed by atoms with Crippen LogP contribution in [0.25, 0.3) is 11.0 Å². The van der Waals surface area contributed by atoms with Gasteiger partial charge in [0, 0.05) is 10.9 Å². The minimum absolute atomic E-state index is 0.0279. The smallest absolute Gasteiger partial charge is 0.134 e. The maximum atomic E-state index is 6.05. The van der Waals surface area contributed by atoms with Gasteiger partial charge in [-0.15, -0.1) is 0 Å². The summed E-state index contributed by atoms with van der Waals surface area (Å²) in [5.74, 6) is 2.80. The molecule has 0 fully saturated rings. The molecule has 21 heavy (non-hydrogen) atoms.